The molecule has 1 aliphatic rings. The highest BCUT2D eigenvalue weighted by Crippen LogP contribution is 2.46. The largest absolute Gasteiger partial charge is 0.540 e. The summed E-state index contributed by atoms with van der Waals surface area (Å²) in [6.07, 6.45) is 3.03. The van der Waals surface area contributed by atoms with Gasteiger partial charge in [0.1, 0.15) is 18.2 Å². The van der Waals surface area contributed by atoms with Crippen molar-refractivity contribution in [2.75, 3.05) is 25.6 Å². The number of ether oxygens (including phenoxy) is 3. The van der Waals surface area contributed by atoms with E-state index in [1.54, 1.807) is 0 Å². The number of nitrogens with zero attached hydrogens (tertiary/aromatic N) is 2. The average molecular weight is 546 g/mol. The molecule has 0 radical (unpaired) electrons. The van der Waals surface area contributed by atoms with Crippen LogP contribution in [0.5, 0.6) is 11.5 Å². The lowest BCUT2D eigenvalue weighted by atomic mass is 9.92. The average Bonchev–Trinajstić information content (AvgIpc) is 3.23. The van der Waals surface area contributed by atoms with Crippen molar-refractivity contribution >= 4 is 14.1 Å². The van der Waals surface area contributed by atoms with E-state index in [0.717, 1.165) is 54.3 Å². The van der Waals surface area contributed by atoms with E-state index >= 15 is 0 Å². The van der Waals surface area contributed by atoms with Gasteiger partial charge in [0.05, 0.1) is 18.0 Å². The van der Waals surface area contributed by atoms with Crippen molar-refractivity contribution in [3.8, 4) is 17.2 Å². The van der Waals surface area contributed by atoms with Gasteiger partial charge in [-0.3, -0.25) is 0 Å². The minimum Gasteiger partial charge on any atom is -0.540 e. The van der Waals surface area contributed by atoms with E-state index in [1.165, 1.54) is 0 Å². The number of aromatic nitrogens is 2. The first kappa shape index (κ1) is 30.5. The van der Waals surface area contributed by atoms with Crippen molar-refractivity contribution in [2.24, 2.45) is 0 Å². The Balaban J connectivity index is 1.99. The maximum atomic E-state index is 7.11. The zero-order valence-corrected chi connectivity index (χ0v) is 26.4. The smallest absolute Gasteiger partial charge is 0.258 e. The van der Waals surface area contributed by atoms with Gasteiger partial charge in [0.2, 0.25) is 0 Å². The van der Waals surface area contributed by atoms with Gasteiger partial charge in [-0.05, 0) is 54.9 Å². The van der Waals surface area contributed by atoms with Crippen molar-refractivity contribution in [3.05, 3.63) is 29.5 Å². The second-order valence-corrected chi connectivity index (χ2v) is 18.0. The predicted molar refractivity (Wildman–Crippen MR) is 158 cm³/mol. The van der Waals surface area contributed by atoms with Gasteiger partial charge in [-0.2, -0.15) is 5.10 Å². The molecular weight excluding hydrogens is 494 g/mol. The lowest BCUT2D eigenvalue weighted by Gasteiger charge is -2.42. The van der Waals surface area contributed by atoms with Crippen LogP contribution in [0.3, 0.4) is 0 Å². The summed E-state index contributed by atoms with van der Waals surface area (Å²) in [6, 6.07) is 6.05. The van der Waals surface area contributed by atoms with Crippen molar-refractivity contribution < 1.29 is 18.6 Å². The van der Waals surface area contributed by atoms with Gasteiger partial charge in [0, 0.05) is 23.7 Å². The van der Waals surface area contributed by atoms with E-state index in [4.69, 9.17) is 29.5 Å². The van der Waals surface area contributed by atoms with Crippen molar-refractivity contribution in [1.82, 2.24) is 9.78 Å². The molecule has 7 nitrogen and oxygen atoms in total. The fourth-order valence-electron chi connectivity index (χ4n) is 5.81. The molecule has 1 fully saturated rings. The molecule has 1 aromatic carbocycles. The SMILES string of the molecule is Cc1c(-n2nc(C(C)(C)C)cc2N)ccc(O[Si](C(C)C)(C(C)C)C(C)C)c1OCCOC1CCCCO1. The third kappa shape index (κ3) is 6.57. The van der Waals surface area contributed by atoms with Gasteiger partial charge in [-0.25, -0.2) is 4.68 Å². The minimum absolute atomic E-state index is 0.106. The quantitative estimate of drug-likeness (QED) is 0.232. The monoisotopic (exact) mass is 545 g/mol. The van der Waals surface area contributed by atoms with Gasteiger partial charge in [0.15, 0.2) is 12.0 Å². The Kier molecular flexibility index (Phi) is 9.98. The standard InChI is InChI=1S/C30H51N3O4Si/c1-20(2)38(21(3)4,22(5)6)37-25-15-14-24(33-27(31)19-26(32-33)30(8,9)10)23(7)29(25)36-18-17-35-28-13-11-12-16-34-28/h14-15,19-22,28H,11-13,16-18,31H2,1-10H3. The highest BCUT2D eigenvalue weighted by Gasteiger charge is 2.47. The fourth-order valence-corrected chi connectivity index (χ4v) is 11.1. The van der Waals surface area contributed by atoms with E-state index in [1.807, 2.05) is 16.8 Å². The molecular formula is C30H51N3O4Si. The van der Waals surface area contributed by atoms with Crippen molar-refractivity contribution in [3.63, 3.8) is 0 Å². The maximum absolute atomic E-state index is 7.11. The number of rotatable bonds is 11. The fraction of sp³-hybridized carbons (Fsp3) is 0.700. The summed E-state index contributed by atoms with van der Waals surface area (Å²) < 4.78 is 27.1. The first-order chi connectivity index (χ1) is 17.8. The molecule has 0 saturated carbocycles. The van der Waals surface area contributed by atoms with Crippen LogP contribution >= 0.6 is 0 Å². The maximum Gasteiger partial charge on any atom is 0.258 e. The normalized spacial score (nSPS) is 17.0. The molecule has 38 heavy (non-hydrogen) atoms. The Hall–Kier alpha value is -2.03. The molecule has 1 unspecified atom stereocenters. The molecule has 0 amide bonds. The topological polar surface area (TPSA) is 80.8 Å². The lowest BCUT2D eigenvalue weighted by molar-refractivity contribution is -0.165. The minimum atomic E-state index is -2.20. The van der Waals surface area contributed by atoms with Crippen LogP contribution in [0.25, 0.3) is 5.69 Å². The molecule has 1 atom stereocenters. The number of nitrogens with two attached hydrogens (primary N) is 1. The molecule has 3 rings (SSSR count). The third-order valence-electron chi connectivity index (χ3n) is 7.84. The number of hydrogen-bond donors (Lipinski definition) is 1. The second kappa shape index (κ2) is 12.4. The lowest BCUT2D eigenvalue weighted by Crippen LogP contribution is -2.50. The zero-order valence-electron chi connectivity index (χ0n) is 25.4. The molecule has 2 heterocycles. The summed E-state index contributed by atoms with van der Waals surface area (Å²) >= 11 is 0. The Morgan fingerprint density at radius 2 is 1.71 bits per heavy atom. The molecule has 2 aromatic rings. The molecule has 1 saturated heterocycles. The second-order valence-electron chi connectivity index (χ2n) is 12.6. The Labute approximate surface area is 231 Å². The molecule has 1 aromatic heterocycles. The number of nitrogen functional groups attached to an aromatic ring is 1. The van der Waals surface area contributed by atoms with Crippen molar-refractivity contribution in [1.29, 1.82) is 0 Å². The zero-order chi connectivity index (χ0) is 28.3. The van der Waals surface area contributed by atoms with Crippen LogP contribution in [0.2, 0.25) is 16.6 Å². The Bertz CT molecular complexity index is 1030. The molecule has 0 bridgehead atoms. The van der Waals surface area contributed by atoms with Crippen LogP contribution in [-0.2, 0) is 14.9 Å². The molecule has 1 aliphatic heterocycles. The summed E-state index contributed by atoms with van der Waals surface area (Å²) in [6.45, 7) is 23.9. The third-order valence-corrected chi connectivity index (χ3v) is 13.8. The van der Waals surface area contributed by atoms with E-state index in [9.17, 15) is 0 Å². The molecule has 8 heteroatoms. The van der Waals surface area contributed by atoms with E-state index in [0.29, 0.717) is 35.7 Å². The van der Waals surface area contributed by atoms with Gasteiger partial charge in [0.25, 0.3) is 8.32 Å². The first-order valence-electron chi connectivity index (χ1n) is 14.3. The summed E-state index contributed by atoms with van der Waals surface area (Å²) in [5.41, 5.74) is 10.5. The number of anilines is 1. The van der Waals surface area contributed by atoms with Gasteiger partial charge in [-0.1, -0.05) is 62.3 Å². The van der Waals surface area contributed by atoms with Crippen LogP contribution in [-0.4, -0.2) is 44.2 Å². The summed E-state index contributed by atoms with van der Waals surface area (Å²) in [4.78, 5) is 0. The number of benzene rings is 1. The number of hydrogen-bond acceptors (Lipinski definition) is 6. The molecule has 0 spiro atoms. The van der Waals surface area contributed by atoms with E-state index in [2.05, 4.69) is 75.3 Å². The van der Waals surface area contributed by atoms with Crippen LogP contribution in [0.15, 0.2) is 18.2 Å². The Morgan fingerprint density at radius 3 is 2.24 bits per heavy atom. The van der Waals surface area contributed by atoms with Crippen LogP contribution < -0.4 is 14.9 Å². The first-order valence-corrected chi connectivity index (χ1v) is 16.5. The van der Waals surface area contributed by atoms with Crippen LogP contribution in [0.1, 0.15) is 92.8 Å². The van der Waals surface area contributed by atoms with Gasteiger partial charge < -0.3 is 24.4 Å². The Morgan fingerprint density at radius 1 is 1.05 bits per heavy atom. The highest BCUT2D eigenvalue weighted by molar-refractivity contribution is 6.78. The van der Waals surface area contributed by atoms with E-state index < -0.39 is 8.32 Å². The van der Waals surface area contributed by atoms with Crippen LogP contribution in [0.4, 0.5) is 5.82 Å². The summed E-state index contributed by atoms with van der Waals surface area (Å²) in [7, 11) is -2.20. The molecule has 214 valence electrons. The van der Waals surface area contributed by atoms with Gasteiger partial charge in [-0.15, -0.1) is 0 Å². The predicted octanol–water partition coefficient (Wildman–Crippen LogP) is 7.54. The molecule has 2 N–H and O–H groups in total. The van der Waals surface area contributed by atoms with Gasteiger partial charge >= 0.3 is 0 Å². The van der Waals surface area contributed by atoms with E-state index in [-0.39, 0.29) is 11.7 Å². The van der Waals surface area contributed by atoms with Crippen molar-refractivity contribution in [2.45, 2.75) is 117 Å². The summed E-state index contributed by atoms with van der Waals surface area (Å²) in [5.74, 6) is 2.14. The van der Waals surface area contributed by atoms with Crippen LogP contribution in [0, 0.1) is 6.92 Å². The molecule has 0 aliphatic carbocycles. The summed E-state index contributed by atoms with van der Waals surface area (Å²) in [5, 5.41) is 4.86. The highest BCUT2D eigenvalue weighted by atomic mass is 28.4.